The van der Waals surface area contributed by atoms with Gasteiger partial charge in [-0.25, -0.2) is 8.42 Å². The van der Waals surface area contributed by atoms with E-state index in [1.165, 1.54) is 10.6 Å². The Labute approximate surface area is 209 Å². The molecule has 0 atom stereocenters. The normalized spacial score (nSPS) is 11.0. The number of hydrogen-bond donors (Lipinski definition) is 2. The van der Waals surface area contributed by atoms with Gasteiger partial charge in [0.05, 0.1) is 42.5 Å². The van der Waals surface area contributed by atoms with Gasteiger partial charge in [-0.2, -0.15) is 0 Å². The van der Waals surface area contributed by atoms with Crippen molar-refractivity contribution in [3.05, 3.63) is 120 Å². The summed E-state index contributed by atoms with van der Waals surface area (Å²) in [4.78, 5) is 25.6. The third kappa shape index (κ3) is 6.19. The van der Waals surface area contributed by atoms with Crippen LogP contribution in [0.5, 0.6) is 0 Å². The zero-order valence-electron chi connectivity index (χ0n) is 19.5. The van der Waals surface area contributed by atoms with Crippen molar-refractivity contribution < 1.29 is 22.4 Å². The molecule has 0 saturated heterocycles. The quantitative estimate of drug-likeness (QED) is 0.351. The lowest BCUT2D eigenvalue weighted by atomic mass is 10.1. The Kier molecular flexibility index (Phi) is 7.50. The highest BCUT2D eigenvalue weighted by Gasteiger charge is 2.19. The van der Waals surface area contributed by atoms with Gasteiger partial charge in [0, 0.05) is 5.56 Å². The summed E-state index contributed by atoms with van der Waals surface area (Å²) in [6, 6.07) is 25.7. The molecule has 0 aliphatic heterocycles. The Hall–Kier alpha value is -4.37. The first-order valence-electron chi connectivity index (χ1n) is 11.1. The summed E-state index contributed by atoms with van der Waals surface area (Å²) in [5.74, 6) is -0.176. The smallest absolute Gasteiger partial charge is 0.255 e. The van der Waals surface area contributed by atoms with E-state index in [-0.39, 0.29) is 19.0 Å². The molecule has 0 aliphatic carbocycles. The number of anilines is 2. The molecule has 36 heavy (non-hydrogen) atoms. The summed E-state index contributed by atoms with van der Waals surface area (Å²) in [7, 11) is -3.55. The van der Waals surface area contributed by atoms with E-state index in [0.29, 0.717) is 28.3 Å². The lowest BCUT2D eigenvalue weighted by Crippen LogP contribution is -2.29. The monoisotopic (exact) mass is 503 g/mol. The Bertz CT molecular complexity index is 1430. The van der Waals surface area contributed by atoms with Gasteiger partial charge in [-0.15, -0.1) is 0 Å². The summed E-state index contributed by atoms with van der Waals surface area (Å²) in [5, 5.41) is 5.53. The summed E-state index contributed by atoms with van der Waals surface area (Å²) in [6.45, 7) is 0.390. The van der Waals surface area contributed by atoms with E-state index in [9.17, 15) is 18.0 Å². The van der Waals surface area contributed by atoms with E-state index in [2.05, 4.69) is 10.6 Å². The van der Waals surface area contributed by atoms with E-state index in [4.69, 9.17) is 4.42 Å². The van der Waals surface area contributed by atoms with Crippen molar-refractivity contribution in [3.8, 4) is 0 Å². The predicted octanol–water partition coefficient (Wildman–Crippen LogP) is 4.43. The van der Waals surface area contributed by atoms with Gasteiger partial charge >= 0.3 is 0 Å². The van der Waals surface area contributed by atoms with Gasteiger partial charge in [-0.3, -0.25) is 13.9 Å². The molecule has 4 aromatic rings. The van der Waals surface area contributed by atoms with Crippen molar-refractivity contribution in [3.63, 3.8) is 0 Å². The fourth-order valence-electron chi connectivity index (χ4n) is 3.59. The molecule has 8 nitrogen and oxygen atoms in total. The molecule has 0 spiro atoms. The van der Waals surface area contributed by atoms with Crippen LogP contribution in [0, 0.1) is 0 Å². The van der Waals surface area contributed by atoms with Crippen LogP contribution in [-0.4, -0.2) is 26.5 Å². The molecule has 184 valence electrons. The number of hydrogen-bond acceptors (Lipinski definition) is 5. The van der Waals surface area contributed by atoms with E-state index in [1.54, 1.807) is 60.7 Å². The molecule has 0 bridgehead atoms. The molecule has 0 fully saturated rings. The van der Waals surface area contributed by atoms with Gasteiger partial charge in [0.1, 0.15) is 5.76 Å². The molecule has 0 unspecified atom stereocenters. The van der Waals surface area contributed by atoms with Crippen LogP contribution in [-0.2, 0) is 23.1 Å². The Morgan fingerprint density at radius 3 is 2.19 bits per heavy atom. The molecule has 0 saturated carbocycles. The molecular formula is C27H25N3O5S. The van der Waals surface area contributed by atoms with Crippen molar-refractivity contribution in [1.82, 2.24) is 5.32 Å². The van der Waals surface area contributed by atoms with Crippen LogP contribution in [0.3, 0.4) is 0 Å². The number of nitrogens with zero attached hydrogens (tertiary/aromatic N) is 1. The van der Waals surface area contributed by atoms with E-state index < -0.39 is 15.9 Å². The highest BCUT2D eigenvalue weighted by Crippen LogP contribution is 2.22. The van der Waals surface area contributed by atoms with Gasteiger partial charge < -0.3 is 15.1 Å². The second kappa shape index (κ2) is 10.9. The van der Waals surface area contributed by atoms with Gasteiger partial charge in [0.2, 0.25) is 10.0 Å². The molecule has 9 heteroatoms. The maximum atomic E-state index is 12.9. The lowest BCUT2D eigenvalue weighted by molar-refractivity contribution is 0.0949. The lowest BCUT2D eigenvalue weighted by Gasteiger charge is -2.22. The summed E-state index contributed by atoms with van der Waals surface area (Å²) in [6.07, 6.45) is 2.67. The van der Waals surface area contributed by atoms with Crippen molar-refractivity contribution >= 4 is 33.2 Å². The molecule has 3 aromatic carbocycles. The maximum Gasteiger partial charge on any atom is 0.255 e. The number of nitrogens with one attached hydrogen (secondary N) is 2. The van der Waals surface area contributed by atoms with Crippen LogP contribution < -0.4 is 14.9 Å². The average Bonchev–Trinajstić information content (AvgIpc) is 3.40. The number of carbonyl (C=O) groups is 2. The second-order valence-corrected chi connectivity index (χ2v) is 9.97. The van der Waals surface area contributed by atoms with Crippen LogP contribution >= 0.6 is 0 Å². The first kappa shape index (κ1) is 24.7. The van der Waals surface area contributed by atoms with Crippen molar-refractivity contribution in [1.29, 1.82) is 0 Å². The third-order valence-corrected chi connectivity index (χ3v) is 6.55. The first-order valence-corrected chi connectivity index (χ1v) is 13.0. The van der Waals surface area contributed by atoms with Crippen molar-refractivity contribution in [2.75, 3.05) is 15.9 Å². The predicted molar refractivity (Wildman–Crippen MR) is 138 cm³/mol. The largest absolute Gasteiger partial charge is 0.467 e. The van der Waals surface area contributed by atoms with Crippen LogP contribution in [0.15, 0.2) is 102 Å². The molecule has 1 aromatic heterocycles. The number of sulfonamides is 1. The van der Waals surface area contributed by atoms with Gasteiger partial charge in [-0.1, -0.05) is 42.5 Å². The highest BCUT2D eigenvalue weighted by molar-refractivity contribution is 7.92. The van der Waals surface area contributed by atoms with E-state index in [1.807, 2.05) is 30.3 Å². The minimum absolute atomic E-state index is 0.172. The molecule has 0 radical (unpaired) electrons. The third-order valence-electron chi connectivity index (χ3n) is 5.41. The number of amides is 2. The topological polar surface area (TPSA) is 109 Å². The number of benzene rings is 3. The minimum atomic E-state index is -3.55. The Morgan fingerprint density at radius 2 is 1.53 bits per heavy atom. The number of carbonyl (C=O) groups excluding carboxylic acids is 2. The molecule has 2 amide bonds. The maximum absolute atomic E-state index is 12.9. The van der Waals surface area contributed by atoms with Gasteiger partial charge in [-0.05, 0) is 54.1 Å². The van der Waals surface area contributed by atoms with Crippen molar-refractivity contribution in [2.45, 2.75) is 13.1 Å². The first-order chi connectivity index (χ1) is 17.3. The van der Waals surface area contributed by atoms with Crippen LogP contribution in [0.25, 0.3) is 0 Å². The highest BCUT2D eigenvalue weighted by atomic mass is 32.2. The molecule has 2 N–H and O–H groups in total. The second-order valence-electron chi connectivity index (χ2n) is 8.06. The summed E-state index contributed by atoms with van der Waals surface area (Å²) >= 11 is 0. The zero-order valence-corrected chi connectivity index (χ0v) is 20.4. The molecule has 1 heterocycles. The molecule has 4 rings (SSSR count). The summed E-state index contributed by atoms with van der Waals surface area (Å²) in [5.41, 5.74) is 2.26. The SMILES string of the molecule is CS(=O)(=O)N(Cc1ccccc1)c1ccc(C(=O)Nc2ccccc2C(=O)NCc2ccco2)cc1. The van der Waals surface area contributed by atoms with Gasteiger partial charge in [0.25, 0.3) is 11.8 Å². The fraction of sp³-hybridized carbons (Fsp3) is 0.111. The van der Waals surface area contributed by atoms with E-state index >= 15 is 0 Å². The number of furan rings is 1. The van der Waals surface area contributed by atoms with Crippen LogP contribution in [0.4, 0.5) is 11.4 Å². The van der Waals surface area contributed by atoms with Crippen molar-refractivity contribution in [2.24, 2.45) is 0 Å². The Morgan fingerprint density at radius 1 is 0.833 bits per heavy atom. The zero-order chi connectivity index (χ0) is 25.5. The standard InChI is InChI=1S/C27H25N3O5S/c1-36(33,34)30(19-20-8-3-2-4-9-20)22-15-13-21(14-16-22)26(31)29-25-12-6-5-11-24(25)27(32)28-18-23-10-7-17-35-23/h2-17H,18-19H2,1H3,(H,28,32)(H,29,31). The van der Waals surface area contributed by atoms with E-state index in [0.717, 1.165) is 11.8 Å². The molecule has 0 aliphatic rings. The average molecular weight is 504 g/mol. The van der Waals surface area contributed by atoms with Gasteiger partial charge in [0.15, 0.2) is 0 Å². The fourth-order valence-corrected chi connectivity index (χ4v) is 4.48. The van der Waals surface area contributed by atoms with Crippen LogP contribution in [0.1, 0.15) is 32.0 Å². The minimum Gasteiger partial charge on any atom is -0.467 e. The summed E-state index contributed by atoms with van der Waals surface area (Å²) < 4.78 is 31.4. The molecular weight excluding hydrogens is 478 g/mol. The Balaban J connectivity index is 1.48. The van der Waals surface area contributed by atoms with Crippen LogP contribution in [0.2, 0.25) is 0 Å². The number of para-hydroxylation sites is 1. The number of rotatable bonds is 9.